The van der Waals surface area contributed by atoms with Crippen LogP contribution in [0.5, 0.6) is 0 Å². The highest BCUT2D eigenvalue weighted by atomic mass is 16.5. The van der Waals surface area contributed by atoms with Gasteiger partial charge in [-0.2, -0.15) is 0 Å². The average Bonchev–Trinajstić information content (AvgIpc) is 2.77. The summed E-state index contributed by atoms with van der Waals surface area (Å²) in [4.78, 5) is 32.5. The molecule has 0 bridgehead atoms. The van der Waals surface area contributed by atoms with Gasteiger partial charge in [0.05, 0.1) is 11.6 Å². The normalized spacial score (nSPS) is 11.7. The second-order valence-corrected chi connectivity index (χ2v) is 6.91. The SMILES string of the molecule is CC(C)C(NC(=O)c1ccc(-c2ccccc2)cc1)c1ncc(C(=O)NO)cn1. The van der Waals surface area contributed by atoms with Crippen molar-refractivity contribution in [1.82, 2.24) is 20.8 Å². The maximum atomic E-state index is 12.7. The van der Waals surface area contributed by atoms with E-state index in [0.29, 0.717) is 11.4 Å². The van der Waals surface area contributed by atoms with E-state index in [1.807, 2.05) is 56.3 Å². The molecule has 1 atom stereocenters. The maximum absolute atomic E-state index is 12.7. The number of amides is 2. The molecule has 29 heavy (non-hydrogen) atoms. The van der Waals surface area contributed by atoms with Gasteiger partial charge in [0, 0.05) is 18.0 Å². The third-order valence-corrected chi connectivity index (χ3v) is 4.52. The number of hydrogen-bond acceptors (Lipinski definition) is 5. The first-order chi connectivity index (χ1) is 14.0. The molecule has 0 saturated heterocycles. The lowest BCUT2D eigenvalue weighted by Crippen LogP contribution is -2.33. The molecule has 0 aliphatic carbocycles. The van der Waals surface area contributed by atoms with Crippen LogP contribution in [0.4, 0.5) is 0 Å². The van der Waals surface area contributed by atoms with E-state index >= 15 is 0 Å². The van der Waals surface area contributed by atoms with Gasteiger partial charge in [-0.15, -0.1) is 0 Å². The van der Waals surface area contributed by atoms with Crippen molar-refractivity contribution in [1.29, 1.82) is 0 Å². The van der Waals surface area contributed by atoms with Crippen molar-refractivity contribution in [3.63, 3.8) is 0 Å². The van der Waals surface area contributed by atoms with E-state index < -0.39 is 11.9 Å². The van der Waals surface area contributed by atoms with Crippen LogP contribution in [0.25, 0.3) is 11.1 Å². The lowest BCUT2D eigenvalue weighted by atomic mass is 10.0. The van der Waals surface area contributed by atoms with Crippen LogP contribution in [0.3, 0.4) is 0 Å². The van der Waals surface area contributed by atoms with Gasteiger partial charge in [0.25, 0.3) is 11.8 Å². The molecule has 0 saturated carbocycles. The van der Waals surface area contributed by atoms with Crippen molar-refractivity contribution in [2.75, 3.05) is 0 Å². The highest BCUT2D eigenvalue weighted by Crippen LogP contribution is 2.21. The lowest BCUT2D eigenvalue weighted by Gasteiger charge is -2.21. The Kier molecular flexibility index (Phi) is 6.31. The number of carbonyl (C=O) groups excluding carboxylic acids is 2. The van der Waals surface area contributed by atoms with E-state index in [4.69, 9.17) is 5.21 Å². The first kappa shape index (κ1) is 20.2. The molecule has 0 radical (unpaired) electrons. The molecule has 0 aliphatic rings. The van der Waals surface area contributed by atoms with E-state index in [2.05, 4.69) is 15.3 Å². The summed E-state index contributed by atoms with van der Waals surface area (Å²) in [6, 6.07) is 16.9. The predicted molar refractivity (Wildman–Crippen MR) is 108 cm³/mol. The topological polar surface area (TPSA) is 104 Å². The van der Waals surface area contributed by atoms with Gasteiger partial charge in [-0.1, -0.05) is 56.3 Å². The molecule has 148 valence electrons. The van der Waals surface area contributed by atoms with Crippen molar-refractivity contribution in [3.8, 4) is 11.1 Å². The summed E-state index contributed by atoms with van der Waals surface area (Å²) in [5, 5.41) is 11.6. The molecule has 7 heteroatoms. The Morgan fingerprint density at radius 1 is 0.828 bits per heavy atom. The Bertz CT molecular complexity index is 971. The average molecular weight is 390 g/mol. The Morgan fingerprint density at radius 2 is 1.41 bits per heavy atom. The minimum Gasteiger partial charge on any atom is -0.342 e. The Hall–Kier alpha value is -3.58. The number of hydrogen-bond donors (Lipinski definition) is 3. The molecule has 1 aromatic heterocycles. The number of rotatable bonds is 6. The second-order valence-electron chi connectivity index (χ2n) is 6.91. The van der Waals surface area contributed by atoms with E-state index in [1.165, 1.54) is 17.9 Å². The zero-order valence-electron chi connectivity index (χ0n) is 16.2. The van der Waals surface area contributed by atoms with E-state index in [-0.39, 0.29) is 17.4 Å². The number of carbonyl (C=O) groups is 2. The number of benzene rings is 2. The van der Waals surface area contributed by atoms with Crippen LogP contribution in [0.2, 0.25) is 0 Å². The first-order valence-corrected chi connectivity index (χ1v) is 9.22. The standard InChI is InChI=1S/C22H22N4O3/c1-14(2)19(20-23-12-18(13-24-20)22(28)26-29)25-21(27)17-10-8-16(9-11-17)15-6-4-3-5-7-15/h3-14,19,29H,1-2H3,(H,25,27)(H,26,28). The van der Waals surface area contributed by atoms with Crippen molar-refractivity contribution >= 4 is 11.8 Å². The van der Waals surface area contributed by atoms with Crippen LogP contribution < -0.4 is 10.8 Å². The fourth-order valence-corrected chi connectivity index (χ4v) is 2.88. The summed E-state index contributed by atoms with van der Waals surface area (Å²) in [6.45, 7) is 3.89. The molecular formula is C22H22N4O3. The predicted octanol–water partition coefficient (Wildman–Crippen LogP) is 3.39. The minimum absolute atomic E-state index is 0.0278. The van der Waals surface area contributed by atoms with E-state index in [9.17, 15) is 9.59 Å². The zero-order chi connectivity index (χ0) is 20.8. The second kappa shape index (κ2) is 9.07. The van der Waals surface area contributed by atoms with Gasteiger partial charge < -0.3 is 5.32 Å². The maximum Gasteiger partial charge on any atom is 0.277 e. The molecule has 2 amide bonds. The summed E-state index contributed by atoms with van der Waals surface area (Å²) >= 11 is 0. The van der Waals surface area contributed by atoms with Crippen LogP contribution in [-0.2, 0) is 0 Å². The fraction of sp³-hybridized carbons (Fsp3) is 0.182. The molecule has 2 aromatic carbocycles. The summed E-state index contributed by atoms with van der Waals surface area (Å²) in [6.07, 6.45) is 2.62. The molecule has 0 spiro atoms. The summed E-state index contributed by atoms with van der Waals surface area (Å²) < 4.78 is 0. The minimum atomic E-state index is -0.694. The van der Waals surface area contributed by atoms with Gasteiger partial charge in [-0.25, -0.2) is 15.4 Å². The summed E-state index contributed by atoms with van der Waals surface area (Å²) in [5.74, 6) is -0.506. The van der Waals surface area contributed by atoms with Crippen molar-refractivity contribution < 1.29 is 14.8 Å². The van der Waals surface area contributed by atoms with Gasteiger partial charge in [-0.3, -0.25) is 14.8 Å². The molecule has 1 unspecified atom stereocenters. The molecule has 0 fully saturated rings. The van der Waals surface area contributed by atoms with E-state index in [1.54, 1.807) is 12.1 Å². The fourth-order valence-electron chi connectivity index (χ4n) is 2.88. The van der Waals surface area contributed by atoms with Gasteiger partial charge in [0.1, 0.15) is 0 Å². The number of nitrogens with one attached hydrogen (secondary N) is 2. The first-order valence-electron chi connectivity index (χ1n) is 9.22. The van der Waals surface area contributed by atoms with Crippen LogP contribution in [-0.4, -0.2) is 27.0 Å². The number of nitrogens with zero attached hydrogens (tertiary/aromatic N) is 2. The lowest BCUT2D eigenvalue weighted by molar-refractivity contribution is 0.0705. The van der Waals surface area contributed by atoms with Gasteiger partial charge >= 0.3 is 0 Å². The quantitative estimate of drug-likeness (QED) is 0.442. The van der Waals surface area contributed by atoms with Crippen LogP contribution in [0, 0.1) is 5.92 Å². The highest BCUT2D eigenvalue weighted by molar-refractivity contribution is 5.95. The summed E-state index contributed by atoms with van der Waals surface area (Å²) in [5.41, 5.74) is 4.31. The number of aromatic nitrogens is 2. The van der Waals surface area contributed by atoms with Gasteiger partial charge in [0.15, 0.2) is 5.82 Å². The smallest absolute Gasteiger partial charge is 0.277 e. The van der Waals surface area contributed by atoms with E-state index in [0.717, 1.165) is 11.1 Å². The Morgan fingerprint density at radius 3 is 1.97 bits per heavy atom. The van der Waals surface area contributed by atoms with Crippen LogP contribution >= 0.6 is 0 Å². The third kappa shape index (κ3) is 4.83. The van der Waals surface area contributed by atoms with Crippen molar-refractivity contribution in [3.05, 3.63) is 83.9 Å². The van der Waals surface area contributed by atoms with Crippen molar-refractivity contribution in [2.24, 2.45) is 5.92 Å². The molecule has 0 aliphatic heterocycles. The highest BCUT2D eigenvalue weighted by Gasteiger charge is 2.22. The zero-order valence-corrected chi connectivity index (χ0v) is 16.2. The van der Waals surface area contributed by atoms with Crippen molar-refractivity contribution in [2.45, 2.75) is 19.9 Å². The van der Waals surface area contributed by atoms with Gasteiger partial charge in [0.2, 0.25) is 0 Å². The molecule has 3 aromatic rings. The molecule has 1 heterocycles. The number of hydroxylamine groups is 1. The monoisotopic (exact) mass is 390 g/mol. The van der Waals surface area contributed by atoms with Gasteiger partial charge in [-0.05, 0) is 29.2 Å². The molecule has 3 rings (SSSR count). The Labute approximate surface area is 168 Å². The molecule has 3 N–H and O–H groups in total. The third-order valence-electron chi connectivity index (χ3n) is 4.52. The van der Waals surface area contributed by atoms with Crippen LogP contribution in [0.15, 0.2) is 67.0 Å². The van der Waals surface area contributed by atoms with Crippen LogP contribution in [0.1, 0.15) is 46.4 Å². The molecule has 7 nitrogen and oxygen atoms in total. The largest absolute Gasteiger partial charge is 0.342 e. The molecular weight excluding hydrogens is 368 g/mol. The Balaban J connectivity index is 1.75. The summed E-state index contributed by atoms with van der Waals surface area (Å²) in [7, 11) is 0.